The van der Waals surface area contributed by atoms with Crippen LogP contribution >= 0.6 is 12.6 Å². The maximum absolute atomic E-state index is 3.69. The molecule has 0 amide bonds. The van der Waals surface area contributed by atoms with E-state index in [2.05, 4.69) is 29.5 Å². The highest BCUT2D eigenvalue weighted by molar-refractivity contribution is 7.86. The van der Waals surface area contributed by atoms with Crippen molar-refractivity contribution in [2.45, 2.75) is 0 Å². The highest BCUT2D eigenvalue weighted by atomic mass is 32.1. The first-order valence-electron chi connectivity index (χ1n) is 0.827. The SMILES string of the molecule is C=C([Si])S. The third-order valence-corrected chi connectivity index (χ3v) is 0. The van der Waals surface area contributed by atoms with Gasteiger partial charge in [-0.15, -0.1) is 0 Å². The van der Waals surface area contributed by atoms with Gasteiger partial charge in [0.2, 0.25) is 0 Å². The Kier molecular flexibility index (Phi) is 1.73. The largest absolute Gasteiger partial charge is 0.154 e. The fraction of sp³-hybridized carbons (Fsp3) is 0. The van der Waals surface area contributed by atoms with Crippen molar-refractivity contribution in [3.63, 3.8) is 0 Å². The summed E-state index contributed by atoms with van der Waals surface area (Å²) in [5, 5.41) is 0. The normalized spacial score (nSPS) is 6.50. The van der Waals surface area contributed by atoms with Gasteiger partial charge in [-0.2, -0.15) is 12.6 Å². The molecule has 0 nitrogen and oxygen atoms in total. The lowest BCUT2D eigenvalue weighted by molar-refractivity contribution is 2.51. The van der Waals surface area contributed by atoms with Gasteiger partial charge in [0.15, 0.2) is 0 Å². The number of rotatable bonds is 0. The van der Waals surface area contributed by atoms with Gasteiger partial charge in [0.1, 0.15) is 0 Å². The number of hydrogen-bond acceptors (Lipinski definition) is 1. The minimum Gasteiger partial charge on any atom is -0.154 e. The molecule has 0 aromatic heterocycles. The average molecular weight is 87.2 g/mol. The summed E-state index contributed by atoms with van der Waals surface area (Å²) in [6.45, 7) is 3.33. The summed E-state index contributed by atoms with van der Waals surface area (Å²) in [4.78, 5) is 0. The summed E-state index contributed by atoms with van der Waals surface area (Å²) >= 11 is 3.69. The molecule has 0 aliphatic rings. The van der Waals surface area contributed by atoms with Gasteiger partial charge in [-0.25, -0.2) is 0 Å². The summed E-state index contributed by atoms with van der Waals surface area (Å²) in [5.41, 5.74) is 0. The first-order valence-corrected chi connectivity index (χ1v) is 1.77. The third-order valence-electron chi connectivity index (χ3n) is 0. The van der Waals surface area contributed by atoms with Crippen molar-refractivity contribution >= 4 is 22.9 Å². The highest BCUT2D eigenvalue weighted by Gasteiger charge is 1.54. The lowest BCUT2D eigenvalue weighted by Crippen LogP contribution is -1.50. The number of thiol groups is 1. The monoisotopic (exact) mass is 87.0 g/mol. The van der Waals surface area contributed by atoms with E-state index in [1.807, 2.05) is 0 Å². The van der Waals surface area contributed by atoms with E-state index < -0.39 is 0 Å². The second-order valence-electron chi connectivity index (χ2n) is 0.447. The van der Waals surface area contributed by atoms with Crippen molar-refractivity contribution < 1.29 is 0 Å². The van der Waals surface area contributed by atoms with Gasteiger partial charge in [-0.3, -0.25) is 0 Å². The fourth-order valence-electron chi connectivity index (χ4n) is 0. The molecule has 3 radical (unpaired) electrons. The van der Waals surface area contributed by atoms with Crippen molar-refractivity contribution in [2.24, 2.45) is 0 Å². The summed E-state index contributed by atoms with van der Waals surface area (Å²) < 4.78 is 0.667. The number of hydrogen-bond donors (Lipinski definition) is 1. The Labute approximate surface area is 34.7 Å². The molecule has 21 valence electrons. The van der Waals surface area contributed by atoms with E-state index in [0.717, 1.165) is 0 Å². The standard InChI is InChI=1S/C2H3SSi/c1-2(3)4/h3H,1H2. The summed E-state index contributed by atoms with van der Waals surface area (Å²) in [5.74, 6) is 0. The van der Waals surface area contributed by atoms with Crippen LogP contribution in [0.2, 0.25) is 0 Å². The van der Waals surface area contributed by atoms with Gasteiger partial charge in [-0.1, -0.05) is 6.58 Å². The Morgan fingerprint density at radius 1 is 2.00 bits per heavy atom. The molecule has 0 fully saturated rings. The molecular formula is C2H3SSi. The zero-order valence-corrected chi connectivity index (χ0v) is 4.05. The second kappa shape index (κ2) is 1.61. The van der Waals surface area contributed by atoms with Gasteiger partial charge in [-0.05, 0) is 4.53 Å². The van der Waals surface area contributed by atoms with Crippen molar-refractivity contribution in [3.05, 3.63) is 11.1 Å². The lowest BCUT2D eigenvalue weighted by atomic mass is 11.2. The Hall–Kier alpha value is 0.307. The van der Waals surface area contributed by atoms with Crippen LogP contribution in [-0.2, 0) is 0 Å². The topological polar surface area (TPSA) is 0 Å². The van der Waals surface area contributed by atoms with Crippen molar-refractivity contribution in [1.29, 1.82) is 0 Å². The van der Waals surface area contributed by atoms with E-state index in [-0.39, 0.29) is 0 Å². The minimum atomic E-state index is 0.667. The first kappa shape index (κ1) is 4.31. The molecule has 0 atom stereocenters. The van der Waals surface area contributed by atoms with Gasteiger partial charge >= 0.3 is 0 Å². The molecule has 0 saturated carbocycles. The van der Waals surface area contributed by atoms with Crippen LogP contribution in [0.15, 0.2) is 11.1 Å². The van der Waals surface area contributed by atoms with E-state index in [1.165, 1.54) is 0 Å². The van der Waals surface area contributed by atoms with E-state index in [4.69, 9.17) is 0 Å². The minimum absolute atomic E-state index is 0.667. The quantitative estimate of drug-likeness (QED) is 0.324. The molecule has 0 heterocycles. The summed E-state index contributed by atoms with van der Waals surface area (Å²) in [7, 11) is 2.98. The highest BCUT2D eigenvalue weighted by Crippen LogP contribution is 1.79. The molecule has 0 aliphatic carbocycles. The van der Waals surface area contributed by atoms with Crippen molar-refractivity contribution in [1.82, 2.24) is 0 Å². The summed E-state index contributed by atoms with van der Waals surface area (Å²) in [6, 6.07) is 0. The lowest BCUT2D eigenvalue weighted by Gasteiger charge is -1.63. The van der Waals surface area contributed by atoms with Crippen LogP contribution in [0.4, 0.5) is 0 Å². The van der Waals surface area contributed by atoms with Gasteiger partial charge in [0.25, 0.3) is 0 Å². The predicted molar refractivity (Wildman–Crippen MR) is 23.9 cm³/mol. The van der Waals surface area contributed by atoms with Gasteiger partial charge in [0, 0.05) is 0 Å². The molecule has 0 bridgehead atoms. The first-order chi connectivity index (χ1) is 1.73. The average Bonchev–Trinajstić information content (AvgIpc) is 0.811. The zero-order valence-electron chi connectivity index (χ0n) is 2.15. The maximum Gasteiger partial charge on any atom is 0.0796 e. The van der Waals surface area contributed by atoms with E-state index in [1.54, 1.807) is 0 Å². The fourth-order valence-corrected chi connectivity index (χ4v) is 0. The van der Waals surface area contributed by atoms with Gasteiger partial charge in [0.05, 0.1) is 10.2 Å². The molecule has 0 aromatic carbocycles. The van der Waals surface area contributed by atoms with E-state index in [9.17, 15) is 0 Å². The van der Waals surface area contributed by atoms with Crippen LogP contribution < -0.4 is 0 Å². The van der Waals surface area contributed by atoms with Crippen LogP contribution in [0, 0.1) is 0 Å². The van der Waals surface area contributed by atoms with Gasteiger partial charge < -0.3 is 0 Å². The summed E-state index contributed by atoms with van der Waals surface area (Å²) in [6.07, 6.45) is 0. The van der Waals surface area contributed by atoms with Crippen LogP contribution in [0.5, 0.6) is 0 Å². The molecule has 4 heavy (non-hydrogen) atoms. The molecule has 0 unspecified atom stereocenters. The zero-order chi connectivity index (χ0) is 3.58. The van der Waals surface area contributed by atoms with E-state index in [0.29, 0.717) is 4.53 Å². The molecule has 0 N–H and O–H groups in total. The Bertz CT molecular complexity index is 29.0. The van der Waals surface area contributed by atoms with Crippen molar-refractivity contribution in [2.75, 3.05) is 0 Å². The molecule has 0 rings (SSSR count). The van der Waals surface area contributed by atoms with Crippen molar-refractivity contribution in [3.8, 4) is 0 Å². The molecule has 0 spiro atoms. The predicted octanol–water partition coefficient (Wildman–Crippen LogP) is 0.556. The van der Waals surface area contributed by atoms with Crippen LogP contribution in [-0.4, -0.2) is 10.2 Å². The van der Waals surface area contributed by atoms with E-state index >= 15 is 0 Å². The van der Waals surface area contributed by atoms with Crippen LogP contribution in [0.25, 0.3) is 0 Å². The smallest absolute Gasteiger partial charge is 0.0796 e. The molecule has 0 aliphatic heterocycles. The molecule has 2 heteroatoms. The Morgan fingerprint density at radius 2 is 2.00 bits per heavy atom. The molecule has 0 saturated heterocycles. The molecular weight excluding hydrogens is 84.2 g/mol. The van der Waals surface area contributed by atoms with Crippen LogP contribution in [0.1, 0.15) is 0 Å². The third kappa shape index (κ3) is 41.8. The second-order valence-corrected chi connectivity index (χ2v) is 2.01. The Morgan fingerprint density at radius 3 is 2.00 bits per heavy atom. The molecule has 0 aromatic rings. The Balaban J connectivity index is 2.80. The maximum atomic E-state index is 3.69. The van der Waals surface area contributed by atoms with Crippen LogP contribution in [0.3, 0.4) is 0 Å².